The maximum atomic E-state index is 6.74. The van der Waals surface area contributed by atoms with Gasteiger partial charge in [0.2, 0.25) is 0 Å². The van der Waals surface area contributed by atoms with E-state index in [1.54, 1.807) is 0 Å². The van der Waals surface area contributed by atoms with E-state index in [0.29, 0.717) is 0 Å². The third-order valence-corrected chi connectivity index (χ3v) is 12.6. The average Bonchev–Trinajstić information content (AvgIpc) is 3.40. The van der Waals surface area contributed by atoms with Gasteiger partial charge < -0.3 is 0 Å². The van der Waals surface area contributed by atoms with Gasteiger partial charge in [0, 0.05) is 34.5 Å². The number of benzene rings is 5. The third kappa shape index (κ3) is 3.32. The zero-order valence-electron chi connectivity index (χ0n) is 20.9. The minimum Gasteiger partial charge on any atom is -0.292 e. The van der Waals surface area contributed by atoms with Crippen molar-refractivity contribution in [2.24, 2.45) is 0 Å². The molecular formula is C34H22N3PS. The molecule has 8 aromatic rings. The maximum absolute atomic E-state index is 6.74. The molecule has 3 heterocycles. The standard InChI is InChI=1S/C34H22N3PS/c39-38(27-10-7-19-35-22-27,25-16-15-23-8-1-2-9-24(23)20-25)26-17-18-31-33(21-26)37-32-14-6-5-12-29(32)28-11-3-4-13-30(28)34(37)36-31/h1-22H. The topological polar surface area (TPSA) is 30.2 Å². The Hall–Kier alpha value is -4.37. The van der Waals surface area contributed by atoms with Gasteiger partial charge in [-0.3, -0.25) is 9.38 Å². The lowest BCUT2D eigenvalue weighted by atomic mass is 10.1. The molecule has 1 unspecified atom stereocenters. The van der Waals surface area contributed by atoms with Gasteiger partial charge in [-0.05, 0) is 57.1 Å². The van der Waals surface area contributed by atoms with E-state index in [9.17, 15) is 0 Å². The second-order valence-corrected chi connectivity index (χ2v) is 14.3. The quantitative estimate of drug-likeness (QED) is 0.179. The van der Waals surface area contributed by atoms with Gasteiger partial charge >= 0.3 is 0 Å². The van der Waals surface area contributed by atoms with Crippen LogP contribution < -0.4 is 15.9 Å². The van der Waals surface area contributed by atoms with Crippen molar-refractivity contribution >= 4 is 82.9 Å². The number of nitrogens with zero attached hydrogens (tertiary/aromatic N) is 3. The first-order chi connectivity index (χ1) is 19.2. The van der Waals surface area contributed by atoms with E-state index < -0.39 is 6.04 Å². The maximum Gasteiger partial charge on any atom is 0.146 e. The van der Waals surface area contributed by atoms with Gasteiger partial charge in [0.25, 0.3) is 0 Å². The fraction of sp³-hybridized carbons (Fsp3) is 0. The lowest BCUT2D eigenvalue weighted by Crippen LogP contribution is -2.25. The molecule has 0 amide bonds. The van der Waals surface area contributed by atoms with Crippen molar-refractivity contribution < 1.29 is 0 Å². The first-order valence-electron chi connectivity index (χ1n) is 12.9. The summed E-state index contributed by atoms with van der Waals surface area (Å²) in [5.41, 5.74) is 4.15. The van der Waals surface area contributed by atoms with Gasteiger partial charge in [0.05, 0.1) is 16.6 Å². The first-order valence-corrected chi connectivity index (χ1v) is 15.7. The molecular weight excluding hydrogens is 513 g/mol. The molecule has 0 saturated heterocycles. The summed E-state index contributed by atoms with van der Waals surface area (Å²) in [6.07, 6.45) is 3.76. The molecule has 0 aliphatic heterocycles. The predicted molar refractivity (Wildman–Crippen MR) is 169 cm³/mol. The largest absolute Gasteiger partial charge is 0.292 e. The number of pyridine rings is 2. The Kier molecular flexibility index (Phi) is 4.97. The van der Waals surface area contributed by atoms with Crippen LogP contribution >= 0.6 is 6.04 Å². The van der Waals surface area contributed by atoms with Crippen LogP contribution in [0.15, 0.2) is 134 Å². The smallest absolute Gasteiger partial charge is 0.146 e. The molecule has 0 spiro atoms. The molecule has 39 heavy (non-hydrogen) atoms. The summed E-state index contributed by atoms with van der Waals surface area (Å²) in [4.78, 5) is 9.62. The molecule has 0 N–H and O–H groups in total. The van der Waals surface area contributed by atoms with E-state index in [2.05, 4.69) is 125 Å². The summed E-state index contributed by atoms with van der Waals surface area (Å²) < 4.78 is 2.31. The van der Waals surface area contributed by atoms with Crippen molar-refractivity contribution in [2.45, 2.75) is 0 Å². The Morgan fingerprint density at radius 2 is 1.28 bits per heavy atom. The highest BCUT2D eigenvalue weighted by Crippen LogP contribution is 2.44. The van der Waals surface area contributed by atoms with Crippen LogP contribution in [0.3, 0.4) is 0 Å². The van der Waals surface area contributed by atoms with Crippen molar-refractivity contribution in [2.75, 3.05) is 0 Å². The van der Waals surface area contributed by atoms with Crippen molar-refractivity contribution in [3.63, 3.8) is 0 Å². The molecule has 0 radical (unpaired) electrons. The molecule has 1 atom stereocenters. The Morgan fingerprint density at radius 3 is 2.13 bits per heavy atom. The van der Waals surface area contributed by atoms with E-state index in [1.165, 1.54) is 21.5 Å². The molecule has 0 fully saturated rings. The summed E-state index contributed by atoms with van der Waals surface area (Å²) in [5, 5.41) is 9.36. The van der Waals surface area contributed by atoms with Crippen LogP contribution in [0.25, 0.3) is 49.1 Å². The highest BCUT2D eigenvalue weighted by molar-refractivity contribution is 8.25. The summed E-state index contributed by atoms with van der Waals surface area (Å²) in [6, 6.07) is 40.5. The van der Waals surface area contributed by atoms with Gasteiger partial charge in [0.1, 0.15) is 5.65 Å². The van der Waals surface area contributed by atoms with E-state index in [4.69, 9.17) is 16.8 Å². The summed E-state index contributed by atoms with van der Waals surface area (Å²) in [6.45, 7) is 0. The highest BCUT2D eigenvalue weighted by atomic mass is 32.4. The molecule has 184 valence electrons. The van der Waals surface area contributed by atoms with E-state index in [-0.39, 0.29) is 0 Å². The summed E-state index contributed by atoms with van der Waals surface area (Å²) in [5.74, 6) is 0. The number of hydrogen-bond acceptors (Lipinski definition) is 3. The third-order valence-electron chi connectivity index (χ3n) is 7.71. The van der Waals surface area contributed by atoms with Gasteiger partial charge in [-0.2, -0.15) is 0 Å². The minimum absolute atomic E-state index is 0.964. The van der Waals surface area contributed by atoms with Gasteiger partial charge in [0.15, 0.2) is 0 Å². The average molecular weight is 536 g/mol. The molecule has 5 heteroatoms. The number of fused-ring (bicyclic) bond motifs is 9. The number of imidazole rings is 1. The van der Waals surface area contributed by atoms with E-state index >= 15 is 0 Å². The van der Waals surface area contributed by atoms with Gasteiger partial charge in [-0.25, -0.2) is 4.98 Å². The van der Waals surface area contributed by atoms with Crippen molar-refractivity contribution in [3.05, 3.63) is 134 Å². The van der Waals surface area contributed by atoms with Crippen molar-refractivity contribution in [1.29, 1.82) is 0 Å². The lowest BCUT2D eigenvalue weighted by Gasteiger charge is -2.24. The molecule has 0 bridgehead atoms. The van der Waals surface area contributed by atoms with E-state index in [0.717, 1.165) is 43.5 Å². The molecule has 3 aromatic heterocycles. The van der Waals surface area contributed by atoms with Crippen LogP contribution in [0.5, 0.6) is 0 Å². The van der Waals surface area contributed by atoms with Crippen LogP contribution in [0.2, 0.25) is 0 Å². The lowest BCUT2D eigenvalue weighted by molar-refractivity contribution is 1.32. The fourth-order valence-corrected chi connectivity index (χ4v) is 9.47. The Balaban J connectivity index is 1.48. The molecule has 3 nitrogen and oxygen atoms in total. The normalized spacial score (nSPS) is 13.4. The van der Waals surface area contributed by atoms with Crippen LogP contribution in [0.4, 0.5) is 0 Å². The van der Waals surface area contributed by atoms with Crippen LogP contribution in [0, 0.1) is 0 Å². The monoisotopic (exact) mass is 535 g/mol. The van der Waals surface area contributed by atoms with Crippen LogP contribution in [-0.4, -0.2) is 14.4 Å². The van der Waals surface area contributed by atoms with Crippen LogP contribution in [-0.2, 0) is 11.8 Å². The summed E-state index contributed by atoms with van der Waals surface area (Å²) in [7, 11) is 0. The number of rotatable bonds is 3. The van der Waals surface area contributed by atoms with E-state index in [1.807, 2.05) is 18.5 Å². The minimum atomic E-state index is -2.42. The van der Waals surface area contributed by atoms with Crippen molar-refractivity contribution in [1.82, 2.24) is 14.4 Å². The molecule has 0 saturated carbocycles. The van der Waals surface area contributed by atoms with Gasteiger partial charge in [-0.15, -0.1) is 0 Å². The molecule has 0 aliphatic rings. The molecule has 0 aliphatic carbocycles. The number of hydrogen-bond donors (Lipinski definition) is 0. The fourth-order valence-electron chi connectivity index (χ4n) is 5.85. The summed E-state index contributed by atoms with van der Waals surface area (Å²) >= 11 is 6.74. The Labute approximate surface area is 230 Å². The zero-order valence-corrected chi connectivity index (χ0v) is 22.6. The SMILES string of the molecule is S=P(c1cccnc1)(c1ccc2ccccc2c1)c1ccc2nc3c4ccccc4c4ccccc4n3c2c1. The second kappa shape index (κ2) is 8.57. The Bertz CT molecular complexity index is 2270. The number of para-hydroxylation sites is 1. The molecule has 5 aromatic carbocycles. The number of aromatic nitrogens is 3. The highest BCUT2D eigenvalue weighted by Gasteiger charge is 2.27. The first kappa shape index (κ1) is 22.6. The predicted octanol–water partition coefficient (Wildman–Crippen LogP) is 7.10. The second-order valence-electron chi connectivity index (χ2n) is 9.86. The van der Waals surface area contributed by atoms with Crippen molar-refractivity contribution in [3.8, 4) is 0 Å². The Morgan fingerprint density at radius 1 is 0.564 bits per heavy atom. The van der Waals surface area contributed by atoms with Gasteiger partial charge in [-0.1, -0.05) is 103 Å². The van der Waals surface area contributed by atoms with Crippen LogP contribution in [0.1, 0.15) is 0 Å². The molecule has 8 rings (SSSR count). The zero-order chi connectivity index (χ0) is 26.0.